The second-order valence-corrected chi connectivity index (χ2v) is 5.25. The smallest absolute Gasteiger partial charge is 0.230 e. The maximum atomic E-state index is 11.6. The predicted octanol–water partition coefficient (Wildman–Crippen LogP) is 2.14. The molecule has 0 spiro atoms. The van der Waals surface area contributed by atoms with Crippen molar-refractivity contribution in [2.75, 3.05) is 11.4 Å². The number of carbonyl (C=O) groups is 1. The van der Waals surface area contributed by atoms with Crippen LogP contribution in [0.1, 0.15) is 6.42 Å². The van der Waals surface area contributed by atoms with Crippen LogP contribution in [0.4, 0.5) is 5.13 Å². The Labute approximate surface area is 106 Å². The van der Waals surface area contributed by atoms with Crippen LogP contribution >= 0.6 is 22.9 Å². The van der Waals surface area contributed by atoms with E-state index in [1.165, 1.54) is 11.3 Å². The second kappa shape index (κ2) is 4.12. The molecular formula is C10H8ClN3O2S. The first-order chi connectivity index (χ1) is 8.24. The van der Waals surface area contributed by atoms with Crippen LogP contribution in [0.25, 0.3) is 10.8 Å². The quantitative estimate of drug-likeness (QED) is 0.784. The van der Waals surface area contributed by atoms with Crippen molar-refractivity contribution in [2.45, 2.75) is 11.8 Å². The Morgan fingerprint density at radius 3 is 3.06 bits per heavy atom. The Morgan fingerprint density at radius 1 is 1.53 bits per heavy atom. The van der Waals surface area contributed by atoms with Crippen LogP contribution in [-0.2, 0) is 4.79 Å². The maximum Gasteiger partial charge on any atom is 0.230 e. The topological polar surface area (TPSA) is 59.2 Å². The van der Waals surface area contributed by atoms with Crippen molar-refractivity contribution >= 4 is 34.0 Å². The molecule has 0 bridgehead atoms. The molecule has 7 heteroatoms. The molecule has 1 aliphatic heterocycles. The minimum absolute atomic E-state index is 0.00727. The Bertz CT molecular complexity index is 540. The molecule has 1 saturated heterocycles. The van der Waals surface area contributed by atoms with Gasteiger partial charge in [-0.25, -0.2) is 0 Å². The highest BCUT2D eigenvalue weighted by Crippen LogP contribution is 2.31. The highest BCUT2D eigenvalue weighted by molar-refractivity contribution is 7.18. The zero-order valence-electron chi connectivity index (χ0n) is 8.67. The largest absolute Gasteiger partial charge is 0.462 e. The zero-order chi connectivity index (χ0) is 11.8. The van der Waals surface area contributed by atoms with Gasteiger partial charge in [-0.15, -0.1) is 21.8 Å². The van der Waals surface area contributed by atoms with Gasteiger partial charge in [-0.2, -0.15) is 0 Å². The number of rotatable bonds is 2. The van der Waals surface area contributed by atoms with E-state index in [1.807, 2.05) is 0 Å². The summed E-state index contributed by atoms with van der Waals surface area (Å²) in [5.41, 5.74) is 0. The molecule has 2 aromatic rings. The molecule has 17 heavy (non-hydrogen) atoms. The lowest BCUT2D eigenvalue weighted by atomic mass is 10.4. The van der Waals surface area contributed by atoms with Crippen LogP contribution in [0.15, 0.2) is 22.8 Å². The fourth-order valence-corrected chi connectivity index (χ4v) is 2.78. The first-order valence-corrected chi connectivity index (χ1v) is 6.31. The summed E-state index contributed by atoms with van der Waals surface area (Å²) in [6, 6.07) is 3.59. The van der Waals surface area contributed by atoms with Crippen molar-refractivity contribution in [3.8, 4) is 10.8 Å². The molecule has 1 fully saturated rings. The molecule has 1 unspecified atom stereocenters. The lowest BCUT2D eigenvalue weighted by molar-refractivity contribution is -0.117. The Morgan fingerprint density at radius 2 is 2.41 bits per heavy atom. The van der Waals surface area contributed by atoms with Crippen LogP contribution in [-0.4, -0.2) is 28.0 Å². The second-order valence-electron chi connectivity index (χ2n) is 3.67. The van der Waals surface area contributed by atoms with Gasteiger partial charge in [0, 0.05) is 13.0 Å². The number of hydrogen-bond acceptors (Lipinski definition) is 5. The summed E-state index contributed by atoms with van der Waals surface area (Å²) in [5.74, 6) is 0.648. The number of carbonyl (C=O) groups excluding carboxylic acids is 1. The van der Waals surface area contributed by atoms with Gasteiger partial charge in [0.2, 0.25) is 11.0 Å². The lowest BCUT2D eigenvalue weighted by Gasteiger charge is -2.09. The van der Waals surface area contributed by atoms with E-state index in [2.05, 4.69) is 10.2 Å². The van der Waals surface area contributed by atoms with Crippen molar-refractivity contribution < 1.29 is 9.21 Å². The summed E-state index contributed by atoms with van der Waals surface area (Å²) in [5, 5.41) is 9.09. The highest BCUT2D eigenvalue weighted by Gasteiger charge is 2.31. The van der Waals surface area contributed by atoms with E-state index < -0.39 is 0 Å². The average molecular weight is 270 g/mol. The number of alkyl halides is 1. The molecule has 1 atom stereocenters. The van der Waals surface area contributed by atoms with Crippen molar-refractivity contribution in [3.05, 3.63) is 18.4 Å². The molecule has 88 valence electrons. The molecule has 0 saturated carbocycles. The van der Waals surface area contributed by atoms with Gasteiger partial charge >= 0.3 is 0 Å². The Balaban J connectivity index is 1.88. The van der Waals surface area contributed by atoms with Crippen LogP contribution in [0.5, 0.6) is 0 Å². The molecular weight excluding hydrogens is 262 g/mol. The SMILES string of the molecule is O=C1CC(Cl)CN1c1nnc(-c2ccco2)s1. The van der Waals surface area contributed by atoms with Gasteiger partial charge in [0.15, 0.2) is 10.8 Å². The van der Waals surface area contributed by atoms with Gasteiger partial charge in [-0.3, -0.25) is 9.69 Å². The molecule has 0 aliphatic carbocycles. The number of amides is 1. The van der Waals surface area contributed by atoms with Gasteiger partial charge in [-0.1, -0.05) is 11.3 Å². The summed E-state index contributed by atoms with van der Waals surface area (Å²) in [6.45, 7) is 0.493. The van der Waals surface area contributed by atoms with E-state index in [0.29, 0.717) is 28.9 Å². The minimum atomic E-state index is -0.140. The summed E-state index contributed by atoms with van der Waals surface area (Å²) < 4.78 is 5.22. The maximum absolute atomic E-state index is 11.6. The van der Waals surface area contributed by atoms with E-state index in [9.17, 15) is 4.79 Å². The summed E-state index contributed by atoms with van der Waals surface area (Å²) in [6.07, 6.45) is 1.93. The van der Waals surface area contributed by atoms with Gasteiger partial charge in [-0.05, 0) is 12.1 Å². The van der Waals surface area contributed by atoms with Crippen molar-refractivity contribution in [1.29, 1.82) is 0 Å². The first-order valence-electron chi connectivity index (χ1n) is 5.06. The van der Waals surface area contributed by atoms with E-state index in [-0.39, 0.29) is 11.3 Å². The molecule has 0 radical (unpaired) electrons. The number of aromatic nitrogens is 2. The molecule has 1 aliphatic rings. The third-order valence-corrected chi connectivity index (χ3v) is 3.71. The van der Waals surface area contributed by atoms with Crippen LogP contribution in [0.3, 0.4) is 0 Å². The number of furan rings is 1. The van der Waals surface area contributed by atoms with E-state index in [1.54, 1.807) is 23.3 Å². The van der Waals surface area contributed by atoms with E-state index in [0.717, 1.165) is 0 Å². The molecule has 2 aromatic heterocycles. The van der Waals surface area contributed by atoms with Crippen LogP contribution < -0.4 is 4.90 Å². The fourth-order valence-electron chi connectivity index (χ4n) is 1.67. The lowest BCUT2D eigenvalue weighted by Crippen LogP contribution is -2.24. The molecule has 3 rings (SSSR count). The van der Waals surface area contributed by atoms with Crippen molar-refractivity contribution in [1.82, 2.24) is 10.2 Å². The van der Waals surface area contributed by atoms with Crippen LogP contribution in [0.2, 0.25) is 0 Å². The van der Waals surface area contributed by atoms with Crippen molar-refractivity contribution in [3.63, 3.8) is 0 Å². The third kappa shape index (κ3) is 1.94. The standard InChI is InChI=1S/C10H8ClN3O2S/c11-6-4-8(15)14(5-6)10-13-12-9(17-10)7-2-1-3-16-7/h1-3,6H,4-5H2. The van der Waals surface area contributed by atoms with Gasteiger partial charge in [0.1, 0.15) is 0 Å². The molecule has 3 heterocycles. The number of anilines is 1. The monoisotopic (exact) mass is 269 g/mol. The number of halogens is 1. The number of nitrogens with zero attached hydrogens (tertiary/aromatic N) is 3. The minimum Gasteiger partial charge on any atom is -0.462 e. The summed E-state index contributed by atoms with van der Waals surface area (Å²) >= 11 is 7.26. The van der Waals surface area contributed by atoms with E-state index >= 15 is 0 Å². The normalized spacial score (nSPS) is 20.2. The fraction of sp³-hybridized carbons (Fsp3) is 0.300. The van der Waals surface area contributed by atoms with Gasteiger partial charge < -0.3 is 4.42 Å². The number of hydrogen-bond donors (Lipinski definition) is 0. The molecule has 0 N–H and O–H groups in total. The third-order valence-electron chi connectivity index (χ3n) is 2.46. The molecule has 0 aromatic carbocycles. The molecule has 5 nitrogen and oxygen atoms in total. The van der Waals surface area contributed by atoms with Gasteiger partial charge in [0.05, 0.1) is 11.6 Å². The van der Waals surface area contributed by atoms with Crippen LogP contribution in [0, 0.1) is 0 Å². The molecule has 1 amide bonds. The first kappa shape index (κ1) is 10.7. The summed E-state index contributed by atoms with van der Waals surface area (Å²) in [4.78, 5) is 13.2. The van der Waals surface area contributed by atoms with E-state index in [4.69, 9.17) is 16.0 Å². The highest BCUT2D eigenvalue weighted by atomic mass is 35.5. The summed E-state index contributed by atoms with van der Waals surface area (Å²) in [7, 11) is 0. The Hall–Kier alpha value is -1.40. The van der Waals surface area contributed by atoms with Gasteiger partial charge in [0.25, 0.3) is 0 Å². The predicted molar refractivity (Wildman–Crippen MR) is 64.2 cm³/mol. The zero-order valence-corrected chi connectivity index (χ0v) is 10.2. The Kier molecular flexibility index (Phi) is 2.60. The van der Waals surface area contributed by atoms with Crippen molar-refractivity contribution in [2.24, 2.45) is 0 Å². The average Bonchev–Trinajstić information content (AvgIpc) is 2.97.